The van der Waals surface area contributed by atoms with E-state index >= 15 is 0 Å². The minimum Gasteiger partial charge on any atom is -0.478 e. The van der Waals surface area contributed by atoms with E-state index < -0.39 is 23.8 Å². The molecule has 1 amide bonds. The van der Waals surface area contributed by atoms with Crippen molar-refractivity contribution in [3.8, 4) is 5.75 Å². The number of carbonyl (C=O) groups is 2. The largest absolute Gasteiger partial charge is 0.478 e. The lowest BCUT2D eigenvalue weighted by molar-refractivity contribution is -0.150. The summed E-state index contributed by atoms with van der Waals surface area (Å²) >= 11 is 0. The lowest BCUT2D eigenvalue weighted by atomic mass is 10.2. The van der Waals surface area contributed by atoms with E-state index in [0.717, 1.165) is 6.07 Å². The standard InChI is InChI=1S/C12H14FNO4/c1-3-17-12(16)7(2)18-9-6-4-5-8(13)10(9)11(14)15/h4-7H,3H2,1-2H3,(H2,14,15). The number of hydrogen-bond donors (Lipinski definition) is 1. The Hall–Kier alpha value is -2.11. The quantitative estimate of drug-likeness (QED) is 0.803. The van der Waals surface area contributed by atoms with E-state index in [1.807, 2.05) is 0 Å². The molecule has 0 spiro atoms. The van der Waals surface area contributed by atoms with E-state index in [-0.39, 0.29) is 17.9 Å². The van der Waals surface area contributed by atoms with Gasteiger partial charge in [-0.2, -0.15) is 0 Å². The van der Waals surface area contributed by atoms with Crippen LogP contribution in [0.1, 0.15) is 24.2 Å². The second-order valence-corrected chi connectivity index (χ2v) is 3.49. The molecular formula is C12H14FNO4. The summed E-state index contributed by atoms with van der Waals surface area (Å²) in [4.78, 5) is 22.5. The first kappa shape index (κ1) is 14.0. The molecule has 1 aromatic carbocycles. The molecular weight excluding hydrogens is 241 g/mol. The molecule has 1 unspecified atom stereocenters. The van der Waals surface area contributed by atoms with E-state index in [1.165, 1.54) is 19.1 Å². The molecule has 18 heavy (non-hydrogen) atoms. The Bertz CT molecular complexity index is 461. The molecule has 0 heterocycles. The fourth-order valence-corrected chi connectivity index (χ4v) is 1.34. The monoisotopic (exact) mass is 255 g/mol. The summed E-state index contributed by atoms with van der Waals surface area (Å²) in [6.45, 7) is 3.30. The second-order valence-electron chi connectivity index (χ2n) is 3.49. The molecule has 2 N–H and O–H groups in total. The number of primary amides is 1. The molecule has 5 nitrogen and oxygen atoms in total. The SMILES string of the molecule is CCOC(=O)C(C)Oc1cccc(F)c1C(N)=O. The van der Waals surface area contributed by atoms with Crippen LogP contribution < -0.4 is 10.5 Å². The van der Waals surface area contributed by atoms with Crippen molar-refractivity contribution in [2.24, 2.45) is 5.73 Å². The van der Waals surface area contributed by atoms with Gasteiger partial charge in [-0.25, -0.2) is 9.18 Å². The summed E-state index contributed by atoms with van der Waals surface area (Å²) in [6.07, 6.45) is -0.954. The van der Waals surface area contributed by atoms with Crippen LogP contribution in [-0.4, -0.2) is 24.6 Å². The van der Waals surface area contributed by atoms with Gasteiger partial charge in [0.05, 0.1) is 6.61 Å². The smallest absolute Gasteiger partial charge is 0.347 e. The second kappa shape index (κ2) is 6.00. The predicted molar refractivity (Wildman–Crippen MR) is 61.6 cm³/mol. The Labute approximate surface area is 104 Å². The van der Waals surface area contributed by atoms with E-state index in [1.54, 1.807) is 6.92 Å². The van der Waals surface area contributed by atoms with Crippen LogP contribution >= 0.6 is 0 Å². The van der Waals surface area contributed by atoms with Crippen LogP contribution in [0.4, 0.5) is 4.39 Å². The van der Waals surface area contributed by atoms with Gasteiger partial charge in [0.25, 0.3) is 5.91 Å². The maximum Gasteiger partial charge on any atom is 0.347 e. The summed E-state index contributed by atoms with van der Waals surface area (Å²) < 4.78 is 23.3. The molecule has 98 valence electrons. The maximum absolute atomic E-state index is 13.4. The Morgan fingerprint density at radius 2 is 2.11 bits per heavy atom. The molecule has 0 saturated heterocycles. The van der Waals surface area contributed by atoms with Crippen molar-refractivity contribution in [1.29, 1.82) is 0 Å². The van der Waals surface area contributed by atoms with Gasteiger partial charge < -0.3 is 15.2 Å². The Balaban J connectivity index is 2.94. The van der Waals surface area contributed by atoms with Crippen molar-refractivity contribution in [2.75, 3.05) is 6.61 Å². The van der Waals surface area contributed by atoms with Crippen LogP contribution in [0, 0.1) is 5.82 Å². The van der Waals surface area contributed by atoms with Crippen LogP contribution in [0.5, 0.6) is 5.75 Å². The molecule has 0 bridgehead atoms. The molecule has 1 aromatic rings. The molecule has 0 fully saturated rings. The lowest BCUT2D eigenvalue weighted by Crippen LogP contribution is -2.27. The summed E-state index contributed by atoms with van der Waals surface area (Å²) in [5.74, 6) is -2.43. The highest BCUT2D eigenvalue weighted by atomic mass is 19.1. The zero-order chi connectivity index (χ0) is 13.7. The summed E-state index contributed by atoms with van der Waals surface area (Å²) in [7, 11) is 0. The van der Waals surface area contributed by atoms with E-state index in [4.69, 9.17) is 15.2 Å². The van der Waals surface area contributed by atoms with Gasteiger partial charge in [0.15, 0.2) is 6.10 Å². The molecule has 0 radical (unpaired) electrons. The molecule has 6 heteroatoms. The molecule has 0 aliphatic rings. The number of nitrogens with two attached hydrogens (primary N) is 1. The van der Waals surface area contributed by atoms with Gasteiger partial charge in [-0.15, -0.1) is 0 Å². The number of esters is 1. The van der Waals surface area contributed by atoms with Crippen LogP contribution in [0.2, 0.25) is 0 Å². The average Bonchev–Trinajstić information content (AvgIpc) is 2.28. The topological polar surface area (TPSA) is 78.6 Å². The van der Waals surface area contributed by atoms with Gasteiger partial charge >= 0.3 is 5.97 Å². The van der Waals surface area contributed by atoms with E-state index in [9.17, 15) is 14.0 Å². The maximum atomic E-state index is 13.4. The van der Waals surface area contributed by atoms with Crippen LogP contribution in [-0.2, 0) is 9.53 Å². The zero-order valence-electron chi connectivity index (χ0n) is 10.1. The number of ether oxygens (including phenoxy) is 2. The van der Waals surface area contributed by atoms with Gasteiger partial charge in [0, 0.05) is 0 Å². The predicted octanol–water partition coefficient (Wildman–Crippen LogP) is 1.25. The summed E-state index contributed by atoms with van der Waals surface area (Å²) in [6, 6.07) is 3.80. The molecule has 0 aromatic heterocycles. The van der Waals surface area contributed by atoms with Gasteiger partial charge in [0.1, 0.15) is 17.1 Å². The van der Waals surface area contributed by atoms with Gasteiger partial charge in [-0.05, 0) is 26.0 Å². The highest BCUT2D eigenvalue weighted by Crippen LogP contribution is 2.22. The molecule has 0 aliphatic heterocycles. The van der Waals surface area contributed by atoms with Crippen molar-refractivity contribution in [1.82, 2.24) is 0 Å². The molecule has 0 aliphatic carbocycles. The first-order valence-electron chi connectivity index (χ1n) is 5.39. The van der Waals surface area contributed by atoms with Gasteiger partial charge in [-0.3, -0.25) is 4.79 Å². The zero-order valence-corrected chi connectivity index (χ0v) is 10.1. The molecule has 1 atom stereocenters. The van der Waals surface area contributed by atoms with Crippen molar-refractivity contribution in [3.63, 3.8) is 0 Å². The Morgan fingerprint density at radius 3 is 2.67 bits per heavy atom. The number of hydrogen-bond acceptors (Lipinski definition) is 4. The number of rotatable bonds is 5. The van der Waals surface area contributed by atoms with Crippen molar-refractivity contribution in [2.45, 2.75) is 20.0 Å². The fraction of sp³-hybridized carbons (Fsp3) is 0.333. The Kier molecular flexibility index (Phi) is 4.65. The number of carbonyl (C=O) groups excluding carboxylic acids is 2. The highest BCUT2D eigenvalue weighted by molar-refractivity contribution is 5.96. The average molecular weight is 255 g/mol. The first-order valence-corrected chi connectivity index (χ1v) is 5.39. The summed E-state index contributed by atoms with van der Waals surface area (Å²) in [5.41, 5.74) is 4.67. The lowest BCUT2D eigenvalue weighted by Gasteiger charge is -2.15. The minimum absolute atomic E-state index is 0.0805. The van der Waals surface area contributed by atoms with Gasteiger partial charge in [0.2, 0.25) is 0 Å². The molecule has 0 saturated carbocycles. The van der Waals surface area contributed by atoms with Crippen molar-refractivity contribution >= 4 is 11.9 Å². The third-order valence-electron chi connectivity index (χ3n) is 2.14. The number of halogens is 1. The summed E-state index contributed by atoms with van der Waals surface area (Å²) in [5, 5.41) is 0. The van der Waals surface area contributed by atoms with Crippen LogP contribution in [0.15, 0.2) is 18.2 Å². The third kappa shape index (κ3) is 3.19. The van der Waals surface area contributed by atoms with Crippen LogP contribution in [0.3, 0.4) is 0 Å². The first-order chi connectivity index (χ1) is 8.47. The van der Waals surface area contributed by atoms with Crippen molar-refractivity contribution in [3.05, 3.63) is 29.6 Å². The Morgan fingerprint density at radius 1 is 1.44 bits per heavy atom. The third-order valence-corrected chi connectivity index (χ3v) is 2.14. The van der Waals surface area contributed by atoms with Gasteiger partial charge in [-0.1, -0.05) is 6.07 Å². The molecule has 1 rings (SSSR count). The number of amides is 1. The fourth-order valence-electron chi connectivity index (χ4n) is 1.34. The van der Waals surface area contributed by atoms with E-state index in [2.05, 4.69) is 0 Å². The highest BCUT2D eigenvalue weighted by Gasteiger charge is 2.21. The van der Waals surface area contributed by atoms with Crippen LogP contribution in [0.25, 0.3) is 0 Å². The van der Waals surface area contributed by atoms with E-state index in [0.29, 0.717) is 0 Å². The normalized spacial score (nSPS) is 11.7. The minimum atomic E-state index is -0.959. The van der Waals surface area contributed by atoms with Crippen molar-refractivity contribution < 1.29 is 23.5 Å². The number of benzene rings is 1.